The second-order valence-corrected chi connectivity index (χ2v) is 7.99. The van der Waals surface area contributed by atoms with E-state index in [0.29, 0.717) is 18.1 Å². The molecule has 1 aromatic heterocycles. The van der Waals surface area contributed by atoms with E-state index in [1.165, 1.54) is 16.4 Å². The predicted octanol–water partition coefficient (Wildman–Crippen LogP) is 2.87. The minimum absolute atomic E-state index is 0. The largest absolute Gasteiger partial charge is 0.460 e. The monoisotopic (exact) mass is 434 g/mol. The van der Waals surface area contributed by atoms with Crippen molar-refractivity contribution >= 4 is 40.0 Å². The molecule has 148 valence electrons. The van der Waals surface area contributed by atoms with Crippen LogP contribution in [0.15, 0.2) is 45.9 Å². The predicted molar refractivity (Wildman–Crippen MR) is 103 cm³/mol. The molecule has 0 aliphatic carbocycles. The average molecular weight is 435 g/mol. The van der Waals surface area contributed by atoms with E-state index in [0.717, 1.165) is 5.56 Å². The first-order valence-corrected chi connectivity index (χ1v) is 10.00. The molecule has 1 aliphatic heterocycles. The van der Waals surface area contributed by atoms with Gasteiger partial charge in [0.05, 0.1) is 12.6 Å². The van der Waals surface area contributed by atoms with Crippen LogP contribution in [-0.2, 0) is 14.8 Å². The van der Waals surface area contributed by atoms with Crippen molar-refractivity contribution in [1.82, 2.24) is 9.62 Å². The van der Waals surface area contributed by atoms with Crippen LogP contribution < -0.4 is 5.32 Å². The maximum Gasteiger partial charge on any atom is 0.374 e. The summed E-state index contributed by atoms with van der Waals surface area (Å²) < 4.78 is 37.6. The zero-order chi connectivity index (χ0) is 18.7. The fraction of sp³-hybridized carbons (Fsp3) is 0.353. The number of sulfonamides is 1. The number of furan rings is 1. The van der Waals surface area contributed by atoms with Crippen LogP contribution in [0.2, 0.25) is 5.02 Å². The number of nitrogens with zero attached hydrogens (tertiary/aromatic N) is 1. The zero-order valence-electron chi connectivity index (χ0n) is 14.6. The number of carbonyl (C=O) groups excluding carboxylic acids is 1. The van der Waals surface area contributed by atoms with E-state index in [2.05, 4.69) is 5.32 Å². The van der Waals surface area contributed by atoms with E-state index < -0.39 is 22.0 Å². The van der Waals surface area contributed by atoms with Gasteiger partial charge >= 0.3 is 5.97 Å². The van der Waals surface area contributed by atoms with Crippen molar-refractivity contribution < 1.29 is 22.4 Å². The lowest BCUT2D eigenvalue weighted by Crippen LogP contribution is -2.48. The second kappa shape index (κ2) is 9.07. The third-order valence-electron chi connectivity index (χ3n) is 4.05. The Labute approximate surface area is 169 Å². The third kappa shape index (κ3) is 4.64. The molecule has 1 unspecified atom stereocenters. The van der Waals surface area contributed by atoms with E-state index in [9.17, 15) is 13.2 Å². The standard InChI is InChI=1S/C17H19ClN2O5S.ClH/c1-2-24-17(21)15-6-7-16(25-15)26(22,23)20-9-8-19-11-14(20)12-4-3-5-13(18)10-12;/h3-7,10,14,19H,2,8-9,11H2,1H3;1H. The average Bonchev–Trinajstić information content (AvgIpc) is 3.13. The van der Waals surface area contributed by atoms with Crippen LogP contribution in [0.25, 0.3) is 0 Å². The molecule has 1 atom stereocenters. The summed E-state index contributed by atoms with van der Waals surface area (Å²) in [6, 6.07) is 9.25. The topological polar surface area (TPSA) is 88.9 Å². The number of carbonyl (C=O) groups is 1. The van der Waals surface area contributed by atoms with Crippen LogP contribution in [0.1, 0.15) is 29.1 Å². The Hall–Kier alpha value is -1.58. The smallest absolute Gasteiger partial charge is 0.374 e. The molecule has 1 aliphatic rings. The van der Waals surface area contributed by atoms with Crippen molar-refractivity contribution in [2.75, 3.05) is 26.2 Å². The maximum atomic E-state index is 13.1. The summed E-state index contributed by atoms with van der Waals surface area (Å²) in [6.45, 7) is 3.08. The number of hydrogen-bond acceptors (Lipinski definition) is 6. The van der Waals surface area contributed by atoms with Gasteiger partial charge in [-0.3, -0.25) is 0 Å². The summed E-state index contributed by atoms with van der Waals surface area (Å²) in [5.41, 5.74) is 0.783. The van der Waals surface area contributed by atoms with Gasteiger partial charge in [-0.15, -0.1) is 12.4 Å². The third-order valence-corrected chi connectivity index (χ3v) is 6.07. The van der Waals surface area contributed by atoms with Crippen molar-refractivity contribution in [3.05, 3.63) is 52.7 Å². The Bertz CT molecular complexity index is 900. The molecule has 7 nitrogen and oxygen atoms in total. The Morgan fingerprint density at radius 1 is 1.37 bits per heavy atom. The van der Waals surface area contributed by atoms with Crippen molar-refractivity contribution in [3.8, 4) is 0 Å². The van der Waals surface area contributed by atoms with Gasteiger partial charge in [0.1, 0.15) is 0 Å². The zero-order valence-corrected chi connectivity index (χ0v) is 16.9. The van der Waals surface area contributed by atoms with E-state index in [1.54, 1.807) is 25.1 Å². The molecule has 0 amide bonds. The molecule has 0 saturated carbocycles. The molecular formula is C17H20Cl2N2O5S. The lowest BCUT2D eigenvalue weighted by Gasteiger charge is -2.34. The van der Waals surface area contributed by atoms with Crippen molar-refractivity contribution in [3.63, 3.8) is 0 Å². The van der Waals surface area contributed by atoms with Crippen molar-refractivity contribution in [2.45, 2.75) is 18.1 Å². The lowest BCUT2D eigenvalue weighted by molar-refractivity contribution is 0.0483. The maximum absolute atomic E-state index is 13.1. The number of rotatable bonds is 5. The fourth-order valence-corrected chi connectivity index (χ4v) is 4.59. The molecule has 1 aromatic carbocycles. The van der Waals surface area contributed by atoms with Gasteiger partial charge in [-0.05, 0) is 36.8 Å². The minimum atomic E-state index is -3.92. The minimum Gasteiger partial charge on any atom is -0.460 e. The normalized spacial score (nSPS) is 17.9. The van der Waals surface area contributed by atoms with Gasteiger partial charge in [0.15, 0.2) is 0 Å². The van der Waals surface area contributed by atoms with E-state index in [-0.39, 0.29) is 36.4 Å². The summed E-state index contributed by atoms with van der Waals surface area (Å²) >= 11 is 6.05. The second-order valence-electron chi connectivity index (χ2n) is 5.73. The number of piperazine rings is 1. The van der Waals surface area contributed by atoms with E-state index >= 15 is 0 Å². The van der Waals surface area contributed by atoms with Gasteiger partial charge in [0.25, 0.3) is 10.0 Å². The first kappa shape index (κ1) is 21.7. The number of halogens is 2. The SMILES string of the molecule is CCOC(=O)c1ccc(S(=O)(=O)N2CCNCC2c2cccc(Cl)c2)o1.Cl. The van der Waals surface area contributed by atoms with Gasteiger partial charge in [0.2, 0.25) is 10.9 Å². The van der Waals surface area contributed by atoms with Crippen molar-refractivity contribution in [1.29, 1.82) is 0 Å². The van der Waals surface area contributed by atoms with Gasteiger partial charge in [-0.1, -0.05) is 23.7 Å². The van der Waals surface area contributed by atoms with Crippen LogP contribution in [0.4, 0.5) is 0 Å². The fourth-order valence-electron chi connectivity index (χ4n) is 2.86. The molecular weight excluding hydrogens is 415 g/mol. The number of hydrogen-bond donors (Lipinski definition) is 1. The van der Waals surface area contributed by atoms with Gasteiger partial charge in [-0.2, -0.15) is 4.31 Å². The van der Waals surface area contributed by atoms with Crippen LogP contribution in [0.5, 0.6) is 0 Å². The number of esters is 1. The molecule has 1 fully saturated rings. The lowest BCUT2D eigenvalue weighted by atomic mass is 10.1. The van der Waals surface area contributed by atoms with E-state index in [1.807, 2.05) is 6.07 Å². The van der Waals surface area contributed by atoms with E-state index in [4.69, 9.17) is 20.8 Å². The molecule has 3 rings (SSSR count). The summed E-state index contributed by atoms with van der Waals surface area (Å²) in [4.78, 5) is 11.7. The first-order valence-electron chi connectivity index (χ1n) is 8.18. The van der Waals surface area contributed by atoms with Gasteiger partial charge in [0, 0.05) is 24.7 Å². The molecule has 27 heavy (non-hydrogen) atoms. The Balaban J connectivity index is 0.00000261. The molecule has 1 saturated heterocycles. The number of nitrogens with one attached hydrogen (secondary N) is 1. The highest BCUT2D eigenvalue weighted by Crippen LogP contribution is 2.30. The summed E-state index contributed by atoms with van der Waals surface area (Å²) in [5.74, 6) is -0.833. The van der Waals surface area contributed by atoms with Crippen LogP contribution in [0.3, 0.4) is 0 Å². The van der Waals surface area contributed by atoms with Crippen LogP contribution in [-0.4, -0.2) is 44.9 Å². The summed E-state index contributed by atoms with van der Waals surface area (Å²) in [7, 11) is -3.92. The Morgan fingerprint density at radius 3 is 2.85 bits per heavy atom. The molecule has 0 spiro atoms. The van der Waals surface area contributed by atoms with Crippen molar-refractivity contribution in [2.24, 2.45) is 0 Å². The highest BCUT2D eigenvalue weighted by molar-refractivity contribution is 7.89. The summed E-state index contributed by atoms with van der Waals surface area (Å²) in [6.07, 6.45) is 0. The molecule has 2 heterocycles. The Kier molecular flexibility index (Phi) is 7.30. The first-order chi connectivity index (χ1) is 12.4. The summed E-state index contributed by atoms with van der Waals surface area (Å²) in [5, 5.41) is 3.44. The Morgan fingerprint density at radius 2 is 2.15 bits per heavy atom. The molecule has 1 N–H and O–H groups in total. The highest BCUT2D eigenvalue weighted by Gasteiger charge is 2.36. The molecule has 0 bridgehead atoms. The number of benzene rings is 1. The molecule has 10 heteroatoms. The van der Waals surface area contributed by atoms with Gasteiger partial charge in [-0.25, -0.2) is 13.2 Å². The van der Waals surface area contributed by atoms with Crippen LogP contribution >= 0.6 is 24.0 Å². The highest BCUT2D eigenvalue weighted by atomic mass is 35.5. The molecule has 2 aromatic rings. The number of ether oxygens (including phenoxy) is 1. The van der Waals surface area contributed by atoms with Gasteiger partial charge < -0.3 is 14.5 Å². The van der Waals surface area contributed by atoms with Crippen LogP contribution in [0, 0.1) is 0 Å². The quantitative estimate of drug-likeness (QED) is 0.727. The molecule has 0 radical (unpaired) electrons.